The minimum atomic E-state index is 0. The van der Waals surface area contributed by atoms with Gasteiger partial charge in [-0.1, -0.05) is 106 Å². The normalized spacial score (nSPS) is 7.91. The van der Waals surface area contributed by atoms with Crippen molar-refractivity contribution < 1.29 is 70.2 Å². The summed E-state index contributed by atoms with van der Waals surface area (Å²) in [5.74, 6) is 0. The van der Waals surface area contributed by atoms with Crippen molar-refractivity contribution in [3.05, 3.63) is 85.9 Å². The summed E-state index contributed by atoms with van der Waals surface area (Å²) in [6.45, 7) is 16.9. The number of nitrogens with two attached hydrogens (primary N) is 1. The summed E-state index contributed by atoms with van der Waals surface area (Å²) in [6.07, 6.45) is 6.00. The number of hydrogen-bond acceptors (Lipinski definition) is 5. The summed E-state index contributed by atoms with van der Waals surface area (Å²) in [4.78, 5) is 19.9. The zero-order valence-corrected chi connectivity index (χ0v) is 29.1. The molecular formula is C28H48N4OY2-2. The molecule has 7 heteroatoms. The van der Waals surface area contributed by atoms with Gasteiger partial charge in [-0.2, -0.15) is 14.1 Å². The molecule has 0 aromatic heterocycles. The Morgan fingerprint density at radius 3 is 1.14 bits per heavy atom. The second-order valence-electron chi connectivity index (χ2n) is 4.85. The molecule has 0 heterocycles. The number of benzene rings is 2. The topological polar surface area (TPSA) is 80.2 Å². The minimum Gasteiger partial charge on any atom is -0.456 e. The van der Waals surface area contributed by atoms with E-state index in [1.807, 2.05) is 109 Å². The van der Waals surface area contributed by atoms with Gasteiger partial charge in [0.1, 0.15) is 6.29 Å². The average molecular weight is 635 g/mol. The van der Waals surface area contributed by atoms with E-state index in [2.05, 4.69) is 29.1 Å². The largest absolute Gasteiger partial charge is 0.456 e. The van der Waals surface area contributed by atoms with E-state index < -0.39 is 0 Å². The molecule has 0 fully saturated rings. The maximum atomic E-state index is 8.81. The average Bonchev–Trinajstić information content (AvgIpc) is 2.86. The predicted octanol–water partition coefficient (Wildman–Crippen LogP) is 7.11. The Balaban J connectivity index is -0.0000000566. The van der Waals surface area contributed by atoms with Crippen LogP contribution in [0.2, 0.25) is 0 Å². The van der Waals surface area contributed by atoms with E-state index in [1.165, 1.54) is 6.92 Å². The van der Waals surface area contributed by atoms with E-state index >= 15 is 0 Å². The number of aliphatic imine (C=N–C) groups is 3. The summed E-state index contributed by atoms with van der Waals surface area (Å²) in [5.41, 5.74) is 7.03. The fourth-order valence-electron chi connectivity index (χ4n) is 1.47. The van der Waals surface area contributed by atoms with Gasteiger partial charge in [0.15, 0.2) is 0 Å². The molecule has 0 bridgehead atoms. The molecule has 0 saturated heterocycles. The quantitative estimate of drug-likeness (QED) is 0.222. The maximum absolute atomic E-state index is 8.81. The van der Waals surface area contributed by atoms with Crippen LogP contribution in [0.25, 0.3) is 0 Å². The van der Waals surface area contributed by atoms with E-state index in [0.717, 1.165) is 30.5 Å². The van der Waals surface area contributed by atoms with Crippen molar-refractivity contribution in [1.82, 2.24) is 0 Å². The molecule has 2 aromatic rings. The van der Waals surface area contributed by atoms with Crippen molar-refractivity contribution in [3.63, 3.8) is 0 Å². The molecule has 2 radical (unpaired) electrons. The summed E-state index contributed by atoms with van der Waals surface area (Å²) in [7, 11) is 6.70. The molecule has 0 aliphatic rings. The summed E-state index contributed by atoms with van der Waals surface area (Å²) in [6, 6.07) is 19.7. The molecule has 2 N–H and O–H groups in total. The molecule has 2 rings (SSSR count). The van der Waals surface area contributed by atoms with E-state index in [4.69, 9.17) is 10.5 Å². The van der Waals surface area contributed by atoms with Crippen LogP contribution in [0.3, 0.4) is 0 Å². The van der Waals surface area contributed by atoms with Gasteiger partial charge in [-0.25, -0.2) is 0 Å². The van der Waals surface area contributed by atoms with Crippen LogP contribution in [-0.4, -0.2) is 38.0 Å². The smallest absolute Gasteiger partial charge is 0.116 e. The van der Waals surface area contributed by atoms with Crippen molar-refractivity contribution in [2.75, 3.05) is 13.1 Å². The van der Waals surface area contributed by atoms with Crippen LogP contribution >= 0.6 is 0 Å². The third kappa shape index (κ3) is 60.0. The van der Waals surface area contributed by atoms with Gasteiger partial charge in [0.05, 0.1) is 0 Å². The number of hydrogen-bond donors (Lipinski definition) is 1. The molecule has 5 nitrogen and oxygen atoms in total. The van der Waals surface area contributed by atoms with Gasteiger partial charge >= 0.3 is 0 Å². The fourth-order valence-corrected chi connectivity index (χ4v) is 1.47. The summed E-state index contributed by atoms with van der Waals surface area (Å²) >= 11 is 0. The van der Waals surface area contributed by atoms with E-state index in [-0.39, 0.29) is 65.4 Å². The van der Waals surface area contributed by atoms with Gasteiger partial charge < -0.3 is 20.5 Å². The van der Waals surface area contributed by atoms with Gasteiger partial charge in [0, 0.05) is 72.0 Å². The van der Waals surface area contributed by atoms with E-state index in [1.54, 1.807) is 18.6 Å². The number of nitrogens with zero attached hydrogens (tertiary/aromatic N) is 3. The molecule has 0 amide bonds. The number of rotatable bonds is 3. The van der Waals surface area contributed by atoms with Crippen LogP contribution in [0, 0.1) is 14.1 Å². The molecule has 0 aliphatic heterocycles. The van der Waals surface area contributed by atoms with Crippen molar-refractivity contribution in [1.29, 1.82) is 0 Å². The first kappa shape index (κ1) is 50.8. The van der Waals surface area contributed by atoms with Crippen LogP contribution in [0.4, 0.5) is 0 Å². The van der Waals surface area contributed by atoms with Gasteiger partial charge in [-0.05, 0) is 33.5 Å². The summed E-state index contributed by atoms with van der Waals surface area (Å²) < 4.78 is 0. The Hall–Kier alpha value is -0.972. The van der Waals surface area contributed by atoms with Gasteiger partial charge in [0.2, 0.25) is 0 Å². The van der Waals surface area contributed by atoms with Crippen molar-refractivity contribution in [3.8, 4) is 0 Å². The fraction of sp³-hybridized carbons (Fsp3) is 0.357. The van der Waals surface area contributed by atoms with Crippen LogP contribution in [0.15, 0.2) is 75.6 Å². The predicted molar refractivity (Wildman–Crippen MR) is 153 cm³/mol. The number of aldehydes is 1. The van der Waals surface area contributed by atoms with Crippen molar-refractivity contribution in [2.45, 2.75) is 55.4 Å². The molecule has 0 atom stereocenters. The molecule has 0 spiro atoms. The Kier molecular flexibility index (Phi) is 85.2. The molecule has 0 unspecified atom stereocenters. The molecule has 0 saturated carbocycles. The first-order chi connectivity index (χ1) is 16.1. The number of carbonyl (C=O) groups excluding carboxylic acids is 1. The van der Waals surface area contributed by atoms with E-state index in [0.29, 0.717) is 0 Å². The Morgan fingerprint density at radius 1 is 0.743 bits per heavy atom. The van der Waals surface area contributed by atoms with Gasteiger partial charge in [0.25, 0.3) is 0 Å². The molecular weight excluding hydrogens is 586 g/mol. The molecule has 194 valence electrons. The Morgan fingerprint density at radius 2 is 1.00 bits per heavy atom. The SMILES string of the molecule is CC.CC.CC=NCC.CC=O.CCN.[CH2-]N=Cc1ccccc1.[CH2-]N=Cc1ccccc1.[Y].[Y]. The monoisotopic (exact) mass is 634 g/mol. The third-order valence-corrected chi connectivity index (χ3v) is 2.45. The molecule has 35 heavy (non-hydrogen) atoms. The molecule has 0 aliphatic carbocycles. The van der Waals surface area contributed by atoms with Crippen LogP contribution in [0.1, 0.15) is 66.5 Å². The second kappa shape index (κ2) is 58.7. The van der Waals surface area contributed by atoms with Gasteiger partial charge in [-0.15, -0.1) is 12.4 Å². The minimum absolute atomic E-state index is 0. The zero-order valence-electron chi connectivity index (χ0n) is 23.4. The molecule has 2 aromatic carbocycles. The van der Waals surface area contributed by atoms with Crippen molar-refractivity contribution >= 4 is 24.9 Å². The van der Waals surface area contributed by atoms with E-state index in [9.17, 15) is 0 Å². The maximum Gasteiger partial charge on any atom is 0.116 e. The third-order valence-electron chi connectivity index (χ3n) is 2.45. The Bertz CT molecular complexity index is 588. The second-order valence-corrected chi connectivity index (χ2v) is 4.85. The van der Waals surface area contributed by atoms with Crippen LogP contribution in [-0.2, 0) is 70.2 Å². The zero-order chi connectivity index (χ0) is 26.6. The van der Waals surface area contributed by atoms with Gasteiger partial charge in [-0.3, -0.25) is 4.99 Å². The Labute approximate surface area is 267 Å². The van der Waals surface area contributed by atoms with Crippen LogP contribution in [0.5, 0.6) is 0 Å². The van der Waals surface area contributed by atoms with Crippen molar-refractivity contribution in [2.24, 2.45) is 20.7 Å². The first-order valence-corrected chi connectivity index (χ1v) is 11.3. The van der Waals surface area contributed by atoms with Crippen LogP contribution < -0.4 is 5.73 Å². The number of carbonyl (C=O) groups is 1. The standard InChI is InChI=1S/2C8H8N.C4H9N.C2H7N.C2H4O.2C2H6.2Y/c2*1-9-7-8-5-3-2-4-6-8;1-3-5-4-2;2*1-2-3;2*1-2;;/h2*2-7H,1H2;3H,4H2,1-2H3;2-3H2,1H3;2H,1H3;2*1-2H3;;/q2*-1;;;;;;;. The first-order valence-electron chi connectivity index (χ1n) is 11.3. The summed E-state index contributed by atoms with van der Waals surface area (Å²) in [5, 5.41) is 0.